The Labute approximate surface area is 318 Å². The van der Waals surface area contributed by atoms with Gasteiger partial charge in [-0.15, -0.1) is 45.3 Å². The summed E-state index contributed by atoms with van der Waals surface area (Å²) in [5.74, 6) is 2.89. The van der Waals surface area contributed by atoms with Gasteiger partial charge in [0.25, 0.3) is 0 Å². The Kier molecular flexibility index (Phi) is 19.3. The zero-order valence-corrected chi connectivity index (χ0v) is 34.9. The molecule has 0 N–H and O–H groups in total. The van der Waals surface area contributed by atoms with Crippen LogP contribution in [0.1, 0.15) is 135 Å². The van der Waals surface area contributed by atoms with Gasteiger partial charge in [-0.2, -0.15) is 5.26 Å². The van der Waals surface area contributed by atoms with Crippen LogP contribution in [-0.2, 0) is 0 Å². The SMILES string of the molecule is C.CC(C)c1cc(Br)sc1Cl.CC(C)c1sc(Br)cc1Cl.CC(C)c1sc(C#N)cc1Cl.CC(C)c1sc(C2CC2)cc1Cl. The van der Waals surface area contributed by atoms with Crippen molar-refractivity contribution in [1.29, 1.82) is 5.26 Å². The summed E-state index contributed by atoms with van der Waals surface area (Å²) in [6, 6.07) is 9.99. The topological polar surface area (TPSA) is 23.8 Å². The summed E-state index contributed by atoms with van der Waals surface area (Å²) in [7, 11) is 0. The molecule has 4 heterocycles. The maximum absolute atomic E-state index is 8.56. The van der Waals surface area contributed by atoms with E-state index in [1.54, 1.807) is 28.7 Å². The van der Waals surface area contributed by atoms with Gasteiger partial charge in [-0.25, -0.2) is 0 Å². The molecule has 0 aliphatic heterocycles. The molecule has 1 saturated carbocycles. The number of hydrogen-bond donors (Lipinski definition) is 0. The van der Waals surface area contributed by atoms with E-state index in [1.807, 2.05) is 17.4 Å². The lowest BCUT2D eigenvalue weighted by molar-refractivity contribution is 0.872. The molecule has 0 aromatic carbocycles. The summed E-state index contributed by atoms with van der Waals surface area (Å²) < 4.78 is 3.13. The summed E-state index contributed by atoms with van der Waals surface area (Å²) in [5.41, 5.74) is 1.23. The zero-order valence-electron chi connectivity index (χ0n) is 25.5. The zero-order chi connectivity index (χ0) is 32.6. The molecule has 4 aromatic heterocycles. The highest BCUT2D eigenvalue weighted by Gasteiger charge is 2.26. The van der Waals surface area contributed by atoms with Crippen LogP contribution in [0.15, 0.2) is 31.8 Å². The van der Waals surface area contributed by atoms with Crippen molar-refractivity contribution in [3.63, 3.8) is 0 Å². The third-order valence-corrected chi connectivity index (χ3v) is 14.1. The summed E-state index contributed by atoms with van der Waals surface area (Å²) in [6.07, 6.45) is 2.74. The molecule has 11 heteroatoms. The van der Waals surface area contributed by atoms with Crippen LogP contribution in [0.2, 0.25) is 19.4 Å². The quantitative estimate of drug-likeness (QED) is 0.196. The van der Waals surface area contributed by atoms with E-state index < -0.39 is 0 Å². The lowest BCUT2D eigenvalue weighted by Crippen LogP contribution is -1.81. The fourth-order valence-electron chi connectivity index (χ4n) is 3.69. The molecule has 4 aromatic rings. The maximum Gasteiger partial charge on any atom is 0.110 e. The highest BCUT2D eigenvalue weighted by Crippen LogP contribution is 2.46. The molecular formula is C33H41Br2Cl4NS4. The standard InChI is InChI=1S/C10H13ClS.C8H8ClNS.2C7H8BrClS.CH4/c1-6(2)10-8(11)5-9(12-10)7-3-4-7;1-5(2)8-7(9)3-6(4-10)11-8;1-4(2)7-5(9)3-6(8)10-7;1-4(2)5-3-6(8)10-7(5)9;/h5-7H,3-4H2,1-2H3;3,5H,1-2H3;2*3-4H,1-2H3;1H4. The Morgan fingerprint density at radius 3 is 1.39 bits per heavy atom. The number of nitrogens with zero attached hydrogens (tertiary/aromatic N) is 1. The summed E-state index contributed by atoms with van der Waals surface area (Å²) in [4.78, 5) is 5.91. The monoisotopic (exact) mass is 877 g/mol. The Bertz CT molecular complexity index is 1440. The van der Waals surface area contributed by atoms with Gasteiger partial charge < -0.3 is 0 Å². The second-order valence-corrected chi connectivity index (χ2v) is 20.1. The van der Waals surface area contributed by atoms with E-state index >= 15 is 0 Å². The number of hydrogen-bond acceptors (Lipinski definition) is 5. The fourth-order valence-corrected chi connectivity index (χ4v) is 11.3. The highest BCUT2D eigenvalue weighted by molar-refractivity contribution is 9.11. The predicted molar refractivity (Wildman–Crippen MR) is 212 cm³/mol. The maximum atomic E-state index is 8.56. The van der Waals surface area contributed by atoms with E-state index in [2.05, 4.69) is 105 Å². The van der Waals surface area contributed by atoms with Gasteiger partial charge in [0, 0.05) is 19.5 Å². The Morgan fingerprint density at radius 1 is 0.659 bits per heavy atom. The third-order valence-electron chi connectivity index (χ3n) is 6.10. The minimum atomic E-state index is 0. The lowest BCUT2D eigenvalue weighted by atomic mass is 10.1. The first-order chi connectivity index (χ1) is 20.0. The van der Waals surface area contributed by atoms with E-state index in [1.165, 1.54) is 44.4 Å². The molecule has 0 spiro atoms. The van der Waals surface area contributed by atoms with Crippen molar-refractivity contribution in [2.45, 2.75) is 105 Å². The molecule has 244 valence electrons. The minimum absolute atomic E-state index is 0. The first kappa shape index (κ1) is 42.4. The van der Waals surface area contributed by atoms with E-state index in [0.29, 0.717) is 28.5 Å². The van der Waals surface area contributed by atoms with Crippen LogP contribution in [0, 0.1) is 11.3 Å². The second kappa shape index (κ2) is 20.0. The number of nitriles is 1. The average Bonchev–Trinajstić information content (AvgIpc) is 3.22. The normalized spacial score (nSPS) is 12.2. The third kappa shape index (κ3) is 13.5. The van der Waals surface area contributed by atoms with Gasteiger partial charge in [-0.1, -0.05) is 109 Å². The van der Waals surface area contributed by atoms with Crippen molar-refractivity contribution >= 4 is 124 Å². The number of halogens is 6. The second-order valence-electron chi connectivity index (χ2n) is 11.2. The van der Waals surface area contributed by atoms with Crippen molar-refractivity contribution in [2.75, 3.05) is 0 Å². The van der Waals surface area contributed by atoms with Crippen molar-refractivity contribution in [3.8, 4) is 6.07 Å². The largest absolute Gasteiger partial charge is 0.192 e. The van der Waals surface area contributed by atoms with E-state index in [9.17, 15) is 0 Å². The van der Waals surface area contributed by atoms with Crippen LogP contribution in [-0.4, -0.2) is 0 Å². The molecular weight excluding hydrogens is 840 g/mol. The molecule has 0 unspecified atom stereocenters. The molecule has 0 bridgehead atoms. The lowest BCUT2D eigenvalue weighted by Gasteiger charge is -1.99. The first-order valence-electron chi connectivity index (χ1n) is 13.9. The molecule has 0 atom stereocenters. The van der Waals surface area contributed by atoms with E-state index in [-0.39, 0.29) is 7.43 Å². The van der Waals surface area contributed by atoms with Crippen molar-refractivity contribution in [3.05, 3.63) is 81.2 Å². The van der Waals surface area contributed by atoms with Crippen LogP contribution in [0.3, 0.4) is 0 Å². The van der Waals surface area contributed by atoms with Crippen LogP contribution in [0.25, 0.3) is 0 Å². The molecule has 0 saturated heterocycles. The van der Waals surface area contributed by atoms with Crippen LogP contribution in [0.5, 0.6) is 0 Å². The van der Waals surface area contributed by atoms with Gasteiger partial charge in [0.2, 0.25) is 0 Å². The van der Waals surface area contributed by atoms with Crippen LogP contribution in [0.4, 0.5) is 0 Å². The Balaban J connectivity index is 0.000000292. The van der Waals surface area contributed by atoms with Crippen molar-refractivity contribution in [2.24, 2.45) is 0 Å². The predicted octanol–water partition coefficient (Wildman–Crippen LogP) is 17.0. The summed E-state index contributed by atoms with van der Waals surface area (Å²) in [5, 5.41) is 11.1. The fraction of sp³-hybridized carbons (Fsp3) is 0.485. The molecule has 5 rings (SSSR count). The number of rotatable bonds is 5. The van der Waals surface area contributed by atoms with E-state index in [4.69, 9.17) is 51.7 Å². The highest BCUT2D eigenvalue weighted by atomic mass is 79.9. The van der Waals surface area contributed by atoms with E-state index in [0.717, 1.165) is 37.8 Å². The number of thiophene rings is 4. The molecule has 44 heavy (non-hydrogen) atoms. The molecule has 0 amide bonds. The molecule has 1 nitrogen and oxygen atoms in total. The van der Waals surface area contributed by atoms with Crippen LogP contribution < -0.4 is 0 Å². The van der Waals surface area contributed by atoms with Gasteiger partial charge in [-0.05, 0) is 104 Å². The summed E-state index contributed by atoms with van der Waals surface area (Å²) >= 11 is 37.3. The smallest absolute Gasteiger partial charge is 0.110 e. The van der Waals surface area contributed by atoms with Gasteiger partial charge in [0.15, 0.2) is 0 Å². The van der Waals surface area contributed by atoms with Gasteiger partial charge in [0.1, 0.15) is 10.9 Å². The Morgan fingerprint density at radius 2 is 1.11 bits per heavy atom. The first-order valence-corrected chi connectivity index (χ1v) is 20.3. The molecule has 1 fully saturated rings. The average molecular weight is 882 g/mol. The van der Waals surface area contributed by atoms with Gasteiger partial charge in [-0.3, -0.25) is 0 Å². The van der Waals surface area contributed by atoms with Crippen LogP contribution >= 0.6 is 124 Å². The molecule has 0 radical (unpaired) electrons. The summed E-state index contributed by atoms with van der Waals surface area (Å²) in [6.45, 7) is 17.1. The Hall–Kier alpha value is 0.410. The van der Waals surface area contributed by atoms with Gasteiger partial charge >= 0.3 is 0 Å². The minimum Gasteiger partial charge on any atom is -0.192 e. The molecule has 1 aliphatic carbocycles. The van der Waals surface area contributed by atoms with Crippen molar-refractivity contribution in [1.82, 2.24) is 0 Å². The molecule has 1 aliphatic rings. The van der Waals surface area contributed by atoms with Gasteiger partial charge in [0.05, 0.1) is 27.0 Å². The van der Waals surface area contributed by atoms with Crippen molar-refractivity contribution < 1.29 is 0 Å².